The number of rotatable bonds is 7. The number of benzene rings is 2. The van der Waals surface area contributed by atoms with E-state index in [1.165, 1.54) is 5.56 Å². The van der Waals surface area contributed by atoms with Crippen molar-refractivity contribution in [2.45, 2.75) is 25.4 Å². The standard InChI is InChI=1S/C27H36N6O2/c1-31-12-14-33(15-13-31)27-29-23-17-25(35-3)24(34-2)16-22(23)26(30-27)28-21-10-7-11-32(19-21)18-20-8-5-4-6-9-20/h4-6,8-9,16-17,21H,7,10-15,18-19H2,1-3H3,(H,28,29,30). The molecule has 2 aromatic carbocycles. The van der Waals surface area contributed by atoms with E-state index in [2.05, 4.69) is 57.4 Å². The first-order valence-electron chi connectivity index (χ1n) is 12.5. The second-order valence-corrected chi connectivity index (χ2v) is 9.59. The Labute approximate surface area is 207 Å². The molecule has 2 aliphatic rings. The topological polar surface area (TPSA) is 66.0 Å². The summed E-state index contributed by atoms with van der Waals surface area (Å²) in [5.74, 6) is 3.02. The Morgan fingerprint density at radius 3 is 2.43 bits per heavy atom. The normalized spacial score (nSPS) is 19.6. The van der Waals surface area contributed by atoms with Crippen molar-refractivity contribution in [1.82, 2.24) is 19.8 Å². The Kier molecular flexibility index (Phi) is 7.20. The van der Waals surface area contributed by atoms with Crippen molar-refractivity contribution in [2.24, 2.45) is 0 Å². The smallest absolute Gasteiger partial charge is 0.227 e. The minimum absolute atomic E-state index is 0.319. The maximum atomic E-state index is 5.60. The third-order valence-corrected chi connectivity index (χ3v) is 7.07. The van der Waals surface area contributed by atoms with Gasteiger partial charge in [0, 0.05) is 56.8 Å². The number of ether oxygens (including phenoxy) is 2. The molecule has 0 bridgehead atoms. The van der Waals surface area contributed by atoms with E-state index in [-0.39, 0.29) is 0 Å². The van der Waals surface area contributed by atoms with Crippen molar-refractivity contribution in [3.63, 3.8) is 0 Å². The number of nitrogens with zero attached hydrogens (tertiary/aromatic N) is 5. The first-order valence-corrected chi connectivity index (χ1v) is 12.5. The molecule has 1 aromatic heterocycles. The van der Waals surface area contributed by atoms with Crippen molar-refractivity contribution < 1.29 is 9.47 Å². The van der Waals surface area contributed by atoms with E-state index in [1.807, 2.05) is 12.1 Å². The van der Waals surface area contributed by atoms with E-state index in [1.54, 1.807) is 14.2 Å². The fourth-order valence-corrected chi connectivity index (χ4v) is 5.05. The summed E-state index contributed by atoms with van der Waals surface area (Å²) in [6, 6.07) is 15.0. The number of anilines is 2. The van der Waals surface area contributed by atoms with Gasteiger partial charge in [-0.1, -0.05) is 30.3 Å². The highest BCUT2D eigenvalue weighted by Crippen LogP contribution is 2.35. The van der Waals surface area contributed by atoms with Gasteiger partial charge in [0.1, 0.15) is 5.82 Å². The Hall–Kier alpha value is -3.10. The van der Waals surface area contributed by atoms with Crippen LogP contribution in [0.25, 0.3) is 10.9 Å². The second-order valence-electron chi connectivity index (χ2n) is 9.59. The molecule has 1 N–H and O–H groups in total. The molecule has 35 heavy (non-hydrogen) atoms. The number of piperazine rings is 1. The highest BCUT2D eigenvalue weighted by molar-refractivity contribution is 5.93. The van der Waals surface area contributed by atoms with Gasteiger partial charge < -0.3 is 24.6 Å². The van der Waals surface area contributed by atoms with Crippen molar-refractivity contribution in [3.8, 4) is 11.5 Å². The lowest BCUT2D eigenvalue weighted by Crippen LogP contribution is -2.45. The number of nitrogens with one attached hydrogen (secondary N) is 1. The summed E-state index contributed by atoms with van der Waals surface area (Å²) in [5.41, 5.74) is 2.22. The Balaban J connectivity index is 1.43. The molecule has 2 aliphatic heterocycles. The van der Waals surface area contributed by atoms with Gasteiger partial charge in [-0.3, -0.25) is 4.90 Å². The van der Waals surface area contributed by atoms with Crippen LogP contribution < -0.4 is 19.7 Å². The highest BCUT2D eigenvalue weighted by atomic mass is 16.5. The number of aromatic nitrogens is 2. The fourth-order valence-electron chi connectivity index (χ4n) is 5.05. The summed E-state index contributed by atoms with van der Waals surface area (Å²) < 4.78 is 11.2. The number of hydrogen-bond acceptors (Lipinski definition) is 8. The van der Waals surface area contributed by atoms with E-state index in [9.17, 15) is 0 Å². The minimum Gasteiger partial charge on any atom is -0.493 e. The zero-order valence-corrected chi connectivity index (χ0v) is 21.0. The molecule has 186 valence electrons. The molecular weight excluding hydrogens is 440 g/mol. The molecule has 0 radical (unpaired) electrons. The molecular formula is C27H36N6O2. The van der Waals surface area contributed by atoms with Crippen LogP contribution in [0.5, 0.6) is 11.5 Å². The maximum absolute atomic E-state index is 5.60. The second kappa shape index (κ2) is 10.7. The van der Waals surface area contributed by atoms with Crippen LogP contribution in [0.2, 0.25) is 0 Å². The zero-order valence-electron chi connectivity index (χ0n) is 21.0. The summed E-state index contributed by atoms with van der Waals surface area (Å²) >= 11 is 0. The van der Waals surface area contributed by atoms with Crippen LogP contribution in [0.4, 0.5) is 11.8 Å². The Morgan fingerprint density at radius 2 is 1.69 bits per heavy atom. The number of likely N-dealkylation sites (N-methyl/N-ethyl adjacent to an activating group) is 1. The van der Waals surface area contributed by atoms with Crippen LogP contribution in [0.3, 0.4) is 0 Å². The third-order valence-electron chi connectivity index (χ3n) is 7.07. The van der Waals surface area contributed by atoms with E-state index >= 15 is 0 Å². The number of piperidine rings is 1. The Morgan fingerprint density at radius 1 is 0.943 bits per heavy atom. The number of methoxy groups -OCH3 is 2. The average Bonchev–Trinajstić information content (AvgIpc) is 2.89. The van der Waals surface area contributed by atoms with Crippen LogP contribution in [-0.4, -0.2) is 86.3 Å². The van der Waals surface area contributed by atoms with Gasteiger partial charge in [0.2, 0.25) is 5.95 Å². The van der Waals surface area contributed by atoms with Crippen molar-refractivity contribution >= 4 is 22.7 Å². The molecule has 0 amide bonds. The van der Waals surface area contributed by atoms with Crippen LogP contribution in [0.1, 0.15) is 18.4 Å². The fraction of sp³-hybridized carbons (Fsp3) is 0.481. The number of likely N-dealkylation sites (tertiary alicyclic amines) is 1. The van der Waals surface area contributed by atoms with Crippen LogP contribution in [-0.2, 0) is 6.54 Å². The zero-order chi connectivity index (χ0) is 24.2. The molecule has 3 heterocycles. The summed E-state index contributed by atoms with van der Waals surface area (Å²) in [5, 5.41) is 4.75. The van der Waals surface area contributed by atoms with E-state index in [0.29, 0.717) is 17.5 Å². The minimum atomic E-state index is 0.319. The molecule has 0 saturated carbocycles. The van der Waals surface area contributed by atoms with Crippen molar-refractivity contribution in [2.75, 3.05) is 70.8 Å². The monoisotopic (exact) mass is 476 g/mol. The molecule has 8 heteroatoms. The van der Waals surface area contributed by atoms with E-state index < -0.39 is 0 Å². The molecule has 2 fully saturated rings. The first kappa shape index (κ1) is 23.6. The quantitative estimate of drug-likeness (QED) is 0.556. The summed E-state index contributed by atoms with van der Waals surface area (Å²) in [6.45, 7) is 6.93. The van der Waals surface area contributed by atoms with E-state index in [4.69, 9.17) is 19.4 Å². The predicted molar refractivity (Wildman–Crippen MR) is 141 cm³/mol. The van der Waals surface area contributed by atoms with E-state index in [0.717, 1.165) is 81.3 Å². The lowest BCUT2D eigenvalue weighted by Gasteiger charge is -2.34. The van der Waals surface area contributed by atoms with Crippen LogP contribution in [0, 0.1) is 0 Å². The maximum Gasteiger partial charge on any atom is 0.227 e. The van der Waals surface area contributed by atoms with Gasteiger partial charge >= 0.3 is 0 Å². The van der Waals surface area contributed by atoms with Gasteiger partial charge in [-0.05, 0) is 38.1 Å². The molecule has 5 rings (SSSR count). The largest absolute Gasteiger partial charge is 0.493 e. The lowest BCUT2D eigenvalue weighted by atomic mass is 10.0. The molecule has 0 spiro atoms. The van der Waals surface area contributed by atoms with Crippen LogP contribution in [0.15, 0.2) is 42.5 Å². The first-order chi connectivity index (χ1) is 17.1. The SMILES string of the molecule is COc1cc2nc(N3CCN(C)CC3)nc(NC3CCCN(Cc4ccccc4)C3)c2cc1OC. The molecule has 0 aliphatic carbocycles. The van der Waals surface area contributed by atoms with Gasteiger partial charge in [0.25, 0.3) is 0 Å². The summed E-state index contributed by atoms with van der Waals surface area (Å²) in [7, 11) is 5.49. The summed E-state index contributed by atoms with van der Waals surface area (Å²) in [6.07, 6.45) is 2.28. The van der Waals surface area contributed by atoms with Crippen molar-refractivity contribution in [1.29, 1.82) is 0 Å². The number of hydrogen-bond donors (Lipinski definition) is 1. The molecule has 1 atom stereocenters. The number of fused-ring (bicyclic) bond motifs is 1. The summed E-state index contributed by atoms with van der Waals surface area (Å²) in [4.78, 5) is 17.2. The van der Waals surface area contributed by atoms with Gasteiger partial charge in [-0.2, -0.15) is 4.98 Å². The van der Waals surface area contributed by atoms with Crippen molar-refractivity contribution in [3.05, 3.63) is 48.0 Å². The van der Waals surface area contributed by atoms with Gasteiger partial charge in [0.05, 0.1) is 19.7 Å². The van der Waals surface area contributed by atoms with Gasteiger partial charge in [-0.15, -0.1) is 0 Å². The Bertz CT molecular complexity index is 1130. The lowest BCUT2D eigenvalue weighted by molar-refractivity contribution is 0.208. The van der Waals surface area contributed by atoms with Gasteiger partial charge in [0.15, 0.2) is 11.5 Å². The predicted octanol–water partition coefficient (Wildman–Crippen LogP) is 3.48. The van der Waals surface area contributed by atoms with Crippen LogP contribution >= 0.6 is 0 Å². The molecule has 1 unspecified atom stereocenters. The molecule has 3 aromatic rings. The molecule has 2 saturated heterocycles. The van der Waals surface area contributed by atoms with Gasteiger partial charge in [-0.25, -0.2) is 4.98 Å². The third kappa shape index (κ3) is 5.44. The highest BCUT2D eigenvalue weighted by Gasteiger charge is 2.24. The molecule has 8 nitrogen and oxygen atoms in total. The average molecular weight is 477 g/mol.